The summed E-state index contributed by atoms with van der Waals surface area (Å²) in [5.74, 6) is -1.05. The molecule has 1 atom stereocenters. The van der Waals surface area contributed by atoms with Crippen molar-refractivity contribution >= 4 is 17.7 Å². The quantitative estimate of drug-likeness (QED) is 0.477. The van der Waals surface area contributed by atoms with Crippen LogP contribution in [-0.2, 0) is 25.6 Å². The fourth-order valence-electron chi connectivity index (χ4n) is 3.36. The Kier molecular flexibility index (Phi) is 8.35. The van der Waals surface area contributed by atoms with Crippen LogP contribution in [0.2, 0.25) is 0 Å². The lowest BCUT2D eigenvalue weighted by Crippen LogP contribution is -2.29. The van der Waals surface area contributed by atoms with Gasteiger partial charge in [-0.3, -0.25) is 14.4 Å². The summed E-state index contributed by atoms with van der Waals surface area (Å²) in [5, 5.41) is 2.77. The van der Waals surface area contributed by atoms with Gasteiger partial charge in [-0.25, -0.2) is 0 Å². The van der Waals surface area contributed by atoms with Gasteiger partial charge in [0.1, 0.15) is 0 Å². The lowest BCUT2D eigenvalue weighted by Gasteiger charge is -2.18. The minimum absolute atomic E-state index is 0.0528. The van der Waals surface area contributed by atoms with E-state index in [0.717, 1.165) is 22.5 Å². The summed E-state index contributed by atoms with van der Waals surface area (Å²) in [6.45, 7) is 8.00. The predicted octanol–water partition coefficient (Wildman–Crippen LogP) is 3.05. The first kappa shape index (κ1) is 23.3. The number of hydrogen-bond acceptors (Lipinski definition) is 5. The van der Waals surface area contributed by atoms with Crippen molar-refractivity contribution in [1.82, 2.24) is 9.88 Å². The molecule has 1 heterocycles. The average molecular weight is 415 g/mol. The molecular weight excluding hydrogens is 384 g/mol. The maximum absolute atomic E-state index is 12.6. The van der Waals surface area contributed by atoms with Crippen LogP contribution in [-0.4, -0.2) is 42.6 Å². The van der Waals surface area contributed by atoms with Crippen LogP contribution in [0.5, 0.6) is 0 Å². The van der Waals surface area contributed by atoms with E-state index in [1.165, 1.54) is 6.92 Å². The van der Waals surface area contributed by atoms with Gasteiger partial charge in [-0.05, 0) is 32.4 Å². The first-order valence-corrected chi connectivity index (χ1v) is 9.91. The standard InChI is InChI=1S/C23H30N2O5/c1-15-6-8-19(9-7-15)21(24-18(4)26)13-23(28)30-14-22(27)20-12-16(2)25(17(20)3)10-11-29-5/h6-9,12,21H,10-11,13-14H2,1-5H3,(H,24,26). The first-order valence-electron chi connectivity index (χ1n) is 9.91. The van der Waals surface area contributed by atoms with Gasteiger partial charge >= 0.3 is 5.97 Å². The molecule has 0 radical (unpaired) electrons. The number of hydrogen-bond donors (Lipinski definition) is 1. The minimum Gasteiger partial charge on any atom is -0.457 e. The maximum atomic E-state index is 12.6. The molecule has 2 rings (SSSR count). The van der Waals surface area contributed by atoms with Crippen LogP contribution in [0, 0.1) is 20.8 Å². The maximum Gasteiger partial charge on any atom is 0.308 e. The summed E-state index contributed by atoms with van der Waals surface area (Å²) in [5.41, 5.74) is 4.19. The molecule has 0 saturated heterocycles. The molecule has 1 amide bonds. The van der Waals surface area contributed by atoms with Crippen LogP contribution in [0.1, 0.15) is 52.3 Å². The van der Waals surface area contributed by atoms with Crippen LogP contribution < -0.4 is 5.32 Å². The third-order valence-corrected chi connectivity index (χ3v) is 4.99. The molecular formula is C23H30N2O5. The number of ether oxygens (including phenoxy) is 2. The highest BCUT2D eigenvalue weighted by atomic mass is 16.5. The highest BCUT2D eigenvalue weighted by Gasteiger charge is 2.21. The highest BCUT2D eigenvalue weighted by molar-refractivity contribution is 5.99. The molecule has 0 fully saturated rings. The smallest absolute Gasteiger partial charge is 0.308 e. The number of esters is 1. The van der Waals surface area contributed by atoms with Crippen LogP contribution in [0.25, 0.3) is 0 Å². The van der Waals surface area contributed by atoms with Crippen LogP contribution in [0.15, 0.2) is 30.3 Å². The molecule has 0 aliphatic rings. The Bertz CT molecular complexity index is 899. The van der Waals surface area contributed by atoms with Gasteiger partial charge in [0.15, 0.2) is 6.61 Å². The zero-order chi connectivity index (χ0) is 22.3. The van der Waals surface area contributed by atoms with Gasteiger partial charge in [0.2, 0.25) is 11.7 Å². The number of aryl methyl sites for hydroxylation is 2. The van der Waals surface area contributed by atoms with Crippen LogP contribution in [0.3, 0.4) is 0 Å². The zero-order valence-corrected chi connectivity index (χ0v) is 18.3. The van der Waals surface area contributed by atoms with Crippen LogP contribution in [0.4, 0.5) is 0 Å². The van der Waals surface area contributed by atoms with E-state index in [9.17, 15) is 14.4 Å². The summed E-state index contributed by atoms with van der Waals surface area (Å²) in [4.78, 5) is 36.5. The monoisotopic (exact) mass is 414 g/mol. The normalized spacial score (nSPS) is 11.8. The van der Waals surface area contributed by atoms with E-state index in [1.54, 1.807) is 13.2 Å². The van der Waals surface area contributed by atoms with Crippen molar-refractivity contribution in [3.63, 3.8) is 0 Å². The van der Waals surface area contributed by atoms with E-state index in [1.807, 2.05) is 49.6 Å². The molecule has 0 aliphatic carbocycles. The molecule has 7 nitrogen and oxygen atoms in total. The zero-order valence-electron chi connectivity index (χ0n) is 18.3. The molecule has 2 aromatic rings. The molecule has 1 aromatic carbocycles. The number of carbonyl (C=O) groups excluding carboxylic acids is 3. The minimum atomic E-state index is -0.545. The Morgan fingerprint density at radius 1 is 1.10 bits per heavy atom. The Morgan fingerprint density at radius 2 is 1.77 bits per heavy atom. The van der Waals surface area contributed by atoms with Gasteiger partial charge in [0.25, 0.3) is 0 Å². The lowest BCUT2D eigenvalue weighted by atomic mass is 10.0. The van der Waals surface area contributed by atoms with Gasteiger partial charge in [0, 0.05) is 37.5 Å². The van der Waals surface area contributed by atoms with Crippen molar-refractivity contribution in [2.24, 2.45) is 0 Å². The van der Waals surface area contributed by atoms with Crippen molar-refractivity contribution in [3.8, 4) is 0 Å². The second-order valence-electron chi connectivity index (χ2n) is 7.38. The number of carbonyl (C=O) groups is 3. The number of rotatable bonds is 10. The third-order valence-electron chi connectivity index (χ3n) is 4.99. The summed E-state index contributed by atoms with van der Waals surface area (Å²) >= 11 is 0. The van der Waals surface area contributed by atoms with Crippen molar-refractivity contribution in [2.45, 2.75) is 46.7 Å². The number of Topliss-reactive ketones (excluding diaryl/α,β-unsaturated/α-hetero) is 1. The second kappa shape index (κ2) is 10.7. The van der Waals surface area contributed by atoms with Gasteiger partial charge in [-0.2, -0.15) is 0 Å². The largest absolute Gasteiger partial charge is 0.457 e. The number of nitrogens with one attached hydrogen (secondary N) is 1. The SMILES string of the molecule is COCCn1c(C)cc(C(=O)COC(=O)CC(NC(C)=O)c2ccc(C)cc2)c1C. The number of nitrogens with zero attached hydrogens (tertiary/aromatic N) is 1. The lowest BCUT2D eigenvalue weighted by molar-refractivity contribution is -0.143. The summed E-state index contributed by atoms with van der Waals surface area (Å²) in [6, 6.07) is 8.85. The van der Waals surface area contributed by atoms with Crippen molar-refractivity contribution in [3.05, 3.63) is 58.4 Å². The Morgan fingerprint density at radius 3 is 2.37 bits per heavy atom. The average Bonchev–Trinajstić information content (AvgIpc) is 2.98. The molecule has 0 bridgehead atoms. The number of benzene rings is 1. The number of amides is 1. The third kappa shape index (κ3) is 6.29. The van der Waals surface area contributed by atoms with Gasteiger partial charge in [-0.15, -0.1) is 0 Å². The van der Waals surface area contributed by atoms with E-state index >= 15 is 0 Å². The van der Waals surface area contributed by atoms with Gasteiger partial charge in [-0.1, -0.05) is 29.8 Å². The summed E-state index contributed by atoms with van der Waals surface area (Å²) in [6.07, 6.45) is -0.0528. The molecule has 1 unspecified atom stereocenters. The summed E-state index contributed by atoms with van der Waals surface area (Å²) in [7, 11) is 1.63. The fraction of sp³-hybridized carbons (Fsp3) is 0.435. The van der Waals surface area contributed by atoms with E-state index in [0.29, 0.717) is 18.7 Å². The molecule has 7 heteroatoms. The molecule has 0 spiro atoms. The summed E-state index contributed by atoms with van der Waals surface area (Å²) < 4.78 is 12.3. The Balaban J connectivity index is 2.00. The topological polar surface area (TPSA) is 86.6 Å². The molecule has 30 heavy (non-hydrogen) atoms. The van der Waals surface area contributed by atoms with Crippen LogP contribution >= 0.6 is 0 Å². The highest BCUT2D eigenvalue weighted by Crippen LogP contribution is 2.19. The molecule has 1 aromatic heterocycles. The molecule has 0 aliphatic heterocycles. The molecule has 162 valence electrons. The molecule has 0 saturated carbocycles. The number of aromatic nitrogens is 1. The van der Waals surface area contributed by atoms with E-state index in [4.69, 9.17) is 9.47 Å². The van der Waals surface area contributed by atoms with Crippen molar-refractivity contribution in [2.75, 3.05) is 20.3 Å². The van der Waals surface area contributed by atoms with E-state index in [-0.39, 0.29) is 24.7 Å². The Hall–Kier alpha value is -2.93. The van der Waals surface area contributed by atoms with Gasteiger partial charge < -0.3 is 19.4 Å². The van der Waals surface area contributed by atoms with Gasteiger partial charge in [0.05, 0.1) is 19.1 Å². The first-order chi connectivity index (χ1) is 14.2. The predicted molar refractivity (Wildman–Crippen MR) is 113 cm³/mol. The van der Waals surface area contributed by atoms with Crippen molar-refractivity contribution in [1.29, 1.82) is 0 Å². The van der Waals surface area contributed by atoms with Crippen molar-refractivity contribution < 1.29 is 23.9 Å². The number of ketones is 1. The molecule has 1 N–H and O–H groups in total. The van der Waals surface area contributed by atoms with E-state index in [2.05, 4.69) is 5.32 Å². The fourth-order valence-corrected chi connectivity index (χ4v) is 3.36. The van der Waals surface area contributed by atoms with E-state index < -0.39 is 12.0 Å². The Labute approximate surface area is 177 Å². The second-order valence-corrected chi connectivity index (χ2v) is 7.38. The number of methoxy groups -OCH3 is 1.